The van der Waals surface area contributed by atoms with Crippen molar-refractivity contribution in [2.45, 2.75) is 25.1 Å². The third-order valence-corrected chi connectivity index (χ3v) is 5.78. The van der Waals surface area contributed by atoms with Crippen molar-refractivity contribution >= 4 is 27.9 Å². The molecule has 2 aromatic carbocycles. The Kier molecular flexibility index (Phi) is 6.55. The molecule has 178 valence electrons. The summed E-state index contributed by atoms with van der Waals surface area (Å²) in [6.07, 6.45) is 0.917. The maximum absolute atomic E-state index is 12.9. The number of ether oxygens (including phenoxy) is 1. The average Bonchev–Trinajstić information content (AvgIpc) is 2.81. The van der Waals surface area contributed by atoms with Crippen molar-refractivity contribution in [3.63, 3.8) is 0 Å². The van der Waals surface area contributed by atoms with Gasteiger partial charge in [-0.25, -0.2) is 4.79 Å². The molecule has 2 amide bonds. The van der Waals surface area contributed by atoms with E-state index in [4.69, 9.17) is 8.92 Å². The molecule has 2 heterocycles. The number of fused-ring (bicyclic) bond motifs is 1. The van der Waals surface area contributed by atoms with Crippen molar-refractivity contribution in [1.29, 1.82) is 0 Å². The molecule has 2 aliphatic heterocycles. The van der Waals surface area contributed by atoms with Crippen LogP contribution in [-0.4, -0.2) is 56.0 Å². The minimum Gasteiger partial charge on any atom is -0.456 e. The second kappa shape index (κ2) is 9.56. The molecule has 1 fully saturated rings. The fourth-order valence-corrected chi connectivity index (χ4v) is 4.23. The number of amides is 2. The third-order valence-electron chi connectivity index (χ3n) is 5.31. The topological polar surface area (TPSA) is 131 Å². The molecule has 0 radical (unpaired) electrons. The van der Waals surface area contributed by atoms with E-state index in [1.165, 1.54) is 0 Å². The van der Waals surface area contributed by atoms with Gasteiger partial charge >= 0.3 is 16.1 Å². The first-order valence-electron chi connectivity index (χ1n) is 10.5. The summed E-state index contributed by atoms with van der Waals surface area (Å²) >= 11 is 0. The van der Waals surface area contributed by atoms with E-state index in [2.05, 4.69) is 10.6 Å². The zero-order valence-electron chi connectivity index (χ0n) is 18.3. The molecular formula is C23H23N3O7S. The van der Waals surface area contributed by atoms with Crippen LogP contribution in [0.4, 0.5) is 0 Å². The number of benzene rings is 2. The standard InChI is InChI=1S/C23H23N3O7S/c1-34(30,31)33-21-20(23(29)32-14-16-10-6-3-7-11-16)26-17(13-24-21)19(22(26)28)25-18(27)12-15-8-4-2-5-9-15/h2-11,17,19,24H,12-14H2,1H3,(H,25,27). The first-order valence-corrected chi connectivity index (χ1v) is 12.3. The summed E-state index contributed by atoms with van der Waals surface area (Å²) in [4.78, 5) is 39.4. The van der Waals surface area contributed by atoms with Gasteiger partial charge in [-0.15, -0.1) is 0 Å². The molecule has 10 nitrogen and oxygen atoms in total. The summed E-state index contributed by atoms with van der Waals surface area (Å²) < 4.78 is 33.7. The number of carbonyl (C=O) groups excluding carboxylic acids is 3. The van der Waals surface area contributed by atoms with E-state index < -0.39 is 34.1 Å². The van der Waals surface area contributed by atoms with Crippen LogP contribution in [0.25, 0.3) is 0 Å². The average molecular weight is 486 g/mol. The monoisotopic (exact) mass is 485 g/mol. The Morgan fingerprint density at radius 3 is 2.29 bits per heavy atom. The molecule has 0 spiro atoms. The molecule has 0 aromatic heterocycles. The van der Waals surface area contributed by atoms with Gasteiger partial charge in [0.1, 0.15) is 12.6 Å². The van der Waals surface area contributed by atoms with Crippen molar-refractivity contribution in [2.24, 2.45) is 0 Å². The van der Waals surface area contributed by atoms with Crippen molar-refractivity contribution in [3.8, 4) is 0 Å². The van der Waals surface area contributed by atoms with E-state index >= 15 is 0 Å². The van der Waals surface area contributed by atoms with E-state index in [1.807, 2.05) is 24.3 Å². The van der Waals surface area contributed by atoms with Crippen LogP contribution in [0.1, 0.15) is 11.1 Å². The van der Waals surface area contributed by atoms with Gasteiger partial charge < -0.3 is 19.6 Å². The molecule has 11 heteroatoms. The maximum Gasteiger partial charge on any atom is 0.361 e. The lowest BCUT2D eigenvalue weighted by Gasteiger charge is -2.49. The van der Waals surface area contributed by atoms with Gasteiger partial charge in [-0.05, 0) is 11.1 Å². The normalized spacial score (nSPS) is 19.4. The quantitative estimate of drug-likeness (QED) is 0.312. The van der Waals surface area contributed by atoms with Gasteiger partial charge in [-0.3, -0.25) is 14.5 Å². The number of nitrogens with one attached hydrogen (secondary N) is 2. The molecule has 0 aliphatic carbocycles. The third kappa shape index (κ3) is 5.20. The van der Waals surface area contributed by atoms with Crippen molar-refractivity contribution < 1.29 is 31.7 Å². The van der Waals surface area contributed by atoms with Crippen LogP contribution in [0.2, 0.25) is 0 Å². The van der Waals surface area contributed by atoms with Gasteiger partial charge in [0.25, 0.3) is 5.91 Å². The van der Waals surface area contributed by atoms with E-state index in [1.54, 1.807) is 36.4 Å². The largest absolute Gasteiger partial charge is 0.456 e. The molecule has 2 aliphatic rings. The van der Waals surface area contributed by atoms with Gasteiger partial charge in [-0.2, -0.15) is 8.42 Å². The summed E-state index contributed by atoms with van der Waals surface area (Å²) in [6.45, 7) is -0.0123. The van der Waals surface area contributed by atoms with E-state index in [-0.39, 0.29) is 37.1 Å². The fraction of sp³-hybridized carbons (Fsp3) is 0.261. The molecule has 2 aromatic rings. The SMILES string of the molecule is CS(=O)(=O)OC1=C(C(=O)OCc2ccccc2)N2C(=O)C(NC(=O)Cc3ccccc3)C2CN1. The summed E-state index contributed by atoms with van der Waals surface area (Å²) in [5, 5.41) is 5.43. The zero-order valence-corrected chi connectivity index (χ0v) is 19.1. The van der Waals surface area contributed by atoms with E-state index in [9.17, 15) is 22.8 Å². The minimum atomic E-state index is -3.99. The number of esters is 1. The molecule has 2 N–H and O–H groups in total. The Morgan fingerprint density at radius 2 is 1.68 bits per heavy atom. The molecule has 2 unspecified atom stereocenters. The Labute approximate surface area is 196 Å². The van der Waals surface area contributed by atoms with Crippen LogP contribution < -0.4 is 10.6 Å². The molecule has 2 atom stereocenters. The summed E-state index contributed by atoms with van der Waals surface area (Å²) in [6, 6.07) is 16.5. The van der Waals surface area contributed by atoms with Crippen LogP contribution in [0.15, 0.2) is 72.2 Å². The first-order chi connectivity index (χ1) is 16.2. The number of rotatable bonds is 8. The zero-order chi connectivity index (χ0) is 24.3. The number of hydrogen-bond acceptors (Lipinski definition) is 8. The molecule has 0 bridgehead atoms. The number of carbonyl (C=O) groups is 3. The predicted molar refractivity (Wildman–Crippen MR) is 120 cm³/mol. The summed E-state index contributed by atoms with van der Waals surface area (Å²) in [7, 11) is -3.99. The predicted octanol–water partition coefficient (Wildman–Crippen LogP) is 0.417. The highest BCUT2D eigenvalue weighted by molar-refractivity contribution is 7.86. The van der Waals surface area contributed by atoms with Gasteiger partial charge in [0.2, 0.25) is 11.8 Å². The second-order valence-corrected chi connectivity index (χ2v) is 9.47. The minimum absolute atomic E-state index is 0.0718. The molecule has 0 saturated carbocycles. The lowest BCUT2D eigenvalue weighted by molar-refractivity contribution is -0.158. The lowest BCUT2D eigenvalue weighted by Crippen LogP contribution is -2.75. The fourth-order valence-electron chi connectivity index (χ4n) is 3.79. The molecule has 34 heavy (non-hydrogen) atoms. The maximum atomic E-state index is 12.9. The van der Waals surface area contributed by atoms with Crippen LogP contribution in [-0.2, 0) is 46.4 Å². The van der Waals surface area contributed by atoms with Crippen LogP contribution in [0.5, 0.6) is 0 Å². The van der Waals surface area contributed by atoms with Gasteiger partial charge in [0.05, 0.1) is 18.7 Å². The highest BCUT2D eigenvalue weighted by Gasteiger charge is 2.55. The number of hydrogen-bond donors (Lipinski definition) is 2. The van der Waals surface area contributed by atoms with Crippen LogP contribution in [0.3, 0.4) is 0 Å². The Balaban J connectivity index is 1.50. The van der Waals surface area contributed by atoms with Crippen molar-refractivity contribution in [3.05, 3.63) is 83.4 Å². The number of nitrogens with zero attached hydrogens (tertiary/aromatic N) is 1. The molecule has 4 rings (SSSR count). The van der Waals surface area contributed by atoms with Crippen molar-refractivity contribution in [1.82, 2.24) is 15.5 Å². The van der Waals surface area contributed by atoms with E-state index in [0.29, 0.717) is 5.56 Å². The van der Waals surface area contributed by atoms with E-state index in [0.717, 1.165) is 16.7 Å². The van der Waals surface area contributed by atoms with Gasteiger partial charge in [-0.1, -0.05) is 60.7 Å². The number of β-lactam (4-membered cyclic amide) rings is 1. The lowest BCUT2D eigenvalue weighted by atomic mass is 9.91. The molecular weight excluding hydrogens is 462 g/mol. The first kappa shape index (κ1) is 23.3. The summed E-state index contributed by atoms with van der Waals surface area (Å²) in [5.41, 5.74) is 1.15. The molecule has 1 saturated heterocycles. The van der Waals surface area contributed by atoms with Gasteiger partial charge in [0.15, 0.2) is 5.70 Å². The highest BCUT2D eigenvalue weighted by Crippen LogP contribution is 2.31. The Morgan fingerprint density at radius 1 is 1.06 bits per heavy atom. The van der Waals surface area contributed by atoms with Crippen LogP contribution >= 0.6 is 0 Å². The van der Waals surface area contributed by atoms with Crippen LogP contribution in [0, 0.1) is 0 Å². The smallest absolute Gasteiger partial charge is 0.361 e. The Bertz CT molecular complexity index is 1230. The Hall–Kier alpha value is -3.86. The second-order valence-electron chi connectivity index (χ2n) is 7.89. The highest BCUT2D eigenvalue weighted by atomic mass is 32.2. The van der Waals surface area contributed by atoms with Crippen molar-refractivity contribution in [2.75, 3.05) is 12.8 Å². The van der Waals surface area contributed by atoms with Gasteiger partial charge in [0, 0.05) is 6.54 Å². The summed E-state index contributed by atoms with van der Waals surface area (Å²) in [5.74, 6) is -2.23.